The van der Waals surface area contributed by atoms with Crippen LogP contribution in [0.1, 0.15) is 25.7 Å². The monoisotopic (exact) mass is 463 g/mol. The lowest BCUT2D eigenvalue weighted by Gasteiger charge is -2.16. The summed E-state index contributed by atoms with van der Waals surface area (Å²) in [5, 5.41) is 9.02. The van der Waals surface area contributed by atoms with Crippen molar-refractivity contribution in [3.8, 4) is 11.8 Å². The van der Waals surface area contributed by atoms with Crippen LogP contribution in [0, 0.1) is 5.82 Å². The third-order valence-electron chi connectivity index (χ3n) is 4.70. The van der Waals surface area contributed by atoms with Crippen molar-refractivity contribution in [2.75, 3.05) is 0 Å². The highest BCUT2D eigenvalue weighted by Gasteiger charge is 2.25. The first-order valence-corrected chi connectivity index (χ1v) is 11.3. The fourth-order valence-corrected chi connectivity index (χ4v) is 4.96. The van der Waals surface area contributed by atoms with Crippen LogP contribution < -0.4 is 9.46 Å². The number of rotatable bonds is 7. The number of nitrogens with zero attached hydrogens (tertiary/aromatic N) is 3. The molecule has 2 aromatic carbocycles. The fraction of sp³-hybridized carbons (Fsp3) is 0.200. The quantitative estimate of drug-likeness (QED) is 0.423. The van der Waals surface area contributed by atoms with Crippen molar-refractivity contribution in [3.63, 3.8) is 0 Å². The maximum absolute atomic E-state index is 13.3. The standard InChI is InChI=1S/C20H19ClFN5O3S/c1-3-27-19(12(2)26-31(28,29)18-7-5-14(22)10-16(18)21)24-25-20(27)30-15-6-4-13-8-9-23-17(13)11-15/h4-12,23,26H,3H2,1-2H3/t12-/m1/s1. The van der Waals surface area contributed by atoms with Gasteiger partial charge in [-0.25, -0.2) is 17.5 Å². The van der Waals surface area contributed by atoms with Gasteiger partial charge >= 0.3 is 6.01 Å². The predicted octanol–water partition coefficient (Wildman–Crippen LogP) is 4.40. The van der Waals surface area contributed by atoms with Crippen LogP contribution in [0.2, 0.25) is 5.02 Å². The second-order valence-electron chi connectivity index (χ2n) is 6.83. The van der Waals surface area contributed by atoms with Crippen LogP contribution in [0.25, 0.3) is 10.9 Å². The SMILES string of the molecule is CCn1c(Oc2ccc3cc[nH]c3c2)nnc1[C@@H](C)NS(=O)(=O)c1ccc(F)cc1Cl. The molecule has 0 aliphatic heterocycles. The minimum Gasteiger partial charge on any atom is -0.424 e. The number of H-pyrrole nitrogens is 1. The average molecular weight is 464 g/mol. The molecule has 0 unspecified atom stereocenters. The molecular formula is C20H19ClFN5O3S. The van der Waals surface area contributed by atoms with E-state index in [0.29, 0.717) is 18.1 Å². The van der Waals surface area contributed by atoms with Gasteiger partial charge in [-0.05, 0) is 55.6 Å². The van der Waals surface area contributed by atoms with Crippen LogP contribution in [-0.4, -0.2) is 28.2 Å². The third-order valence-corrected chi connectivity index (χ3v) is 6.72. The van der Waals surface area contributed by atoms with E-state index >= 15 is 0 Å². The van der Waals surface area contributed by atoms with E-state index in [-0.39, 0.29) is 15.9 Å². The molecule has 0 fully saturated rings. The molecule has 8 nitrogen and oxygen atoms in total. The summed E-state index contributed by atoms with van der Waals surface area (Å²) in [6, 6.07) is 10.1. The molecule has 0 saturated carbocycles. The molecular weight excluding hydrogens is 445 g/mol. The van der Waals surface area contributed by atoms with Crippen LogP contribution >= 0.6 is 11.6 Å². The van der Waals surface area contributed by atoms with Crippen LogP contribution in [0.3, 0.4) is 0 Å². The summed E-state index contributed by atoms with van der Waals surface area (Å²) in [6.07, 6.45) is 1.84. The molecule has 0 amide bonds. The molecule has 2 aromatic heterocycles. The molecule has 0 aliphatic carbocycles. The highest BCUT2D eigenvalue weighted by molar-refractivity contribution is 7.89. The summed E-state index contributed by atoms with van der Waals surface area (Å²) in [7, 11) is -4.02. The molecule has 4 rings (SSSR count). The Bertz CT molecular complexity index is 1350. The Hall–Kier alpha value is -2.95. The summed E-state index contributed by atoms with van der Waals surface area (Å²) < 4.78 is 48.8. The van der Waals surface area contributed by atoms with Crippen LogP contribution in [0.5, 0.6) is 11.8 Å². The van der Waals surface area contributed by atoms with Gasteiger partial charge in [0.05, 0.1) is 11.1 Å². The zero-order valence-corrected chi connectivity index (χ0v) is 18.2. The van der Waals surface area contributed by atoms with Gasteiger partial charge in [-0.1, -0.05) is 16.7 Å². The number of hydrogen-bond acceptors (Lipinski definition) is 5. The van der Waals surface area contributed by atoms with Crippen molar-refractivity contribution in [1.29, 1.82) is 0 Å². The Balaban J connectivity index is 1.58. The lowest BCUT2D eigenvalue weighted by molar-refractivity contribution is 0.408. The Morgan fingerprint density at radius 3 is 2.77 bits per heavy atom. The van der Waals surface area contributed by atoms with Gasteiger partial charge in [0.2, 0.25) is 10.0 Å². The molecule has 162 valence electrons. The maximum atomic E-state index is 13.3. The fourth-order valence-electron chi connectivity index (χ4n) is 3.23. The van der Waals surface area contributed by atoms with Crippen LogP contribution in [0.15, 0.2) is 53.6 Å². The van der Waals surface area contributed by atoms with Crippen molar-refractivity contribution < 1.29 is 17.5 Å². The van der Waals surface area contributed by atoms with E-state index in [4.69, 9.17) is 16.3 Å². The van der Waals surface area contributed by atoms with Gasteiger partial charge in [0.1, 0.15) is 16.5 Å². The van der Waals surface area contributed by atoms with Crippen LogP contribution in [-0.2, 0) is 16.6 Å². The van der Waals surface area contributed by atoms with Crippen molar-refractivity contribution in [2.45, 2.75) is 31.3 Å². The molecule has 2 heterocycles. The maximum Gasteiger partial charge on any atom is 0.322 e. The number of fused-ring (bicyclic) bond motifs is 1. The van der Waals surface area contributed by atoms with E-state index in [1.165, 1.54) is 0 Å². The van der Waals surface area contributed by atoms with Crippen molar-refractivity contribution in [1.82, 2.24) is 24.5 Å². The Morgan fingerprint density at radius 1 is 1.23 bits per heavy atom. The second-order valence-corrected chi connectivity index (χ2v) is 8.92. The number of aromatic amines is 1. The molecule has 2 N–H and O–H groups in total. The summed E-state index contributed by atoms with van der Waals surface area (Å²) in [6.45, 7) is 3.94. The zero-order chi connectivity index (χ0) is 22.2. The van der Waals surface area contributed by atoms with E-state index in [1.54, 1.807) is 11.5 Å². The Labute approximate surface area is 183 Å². The van der Waals surface area contributed by atoms with Gasteiger partial charge in [0, 0.05) is 24.3 Å². The molecule has 0 saturated heterocycles. The van der Waals surface area contributed by atoms with Gasteiger partial charge < -0.3 is 9.72 Å². The summed E-state index contributed by atoms with van der Waals surface area (Å²) >= 11 is 5.91. The first-order valence-electron chi connectivity index (χ1n) is 9.44. The first-order chi connectivity index (χ1) is 14.8. The second kappa shape index (κ2) is 8.29. The number of sulfonamides is 1. The topological polar surface area (TPSA) is 102 Å². The lowest BCUT2D eigenvalue weighted by atomic mass is 10.2. The molecule has 1 atom stereocenters. The van der Waals surface area contributed by atoms with Gasteiger partial charge in [-0.3, -0.25) is 4.57 Å². The molecule has 11 heteroatoms. The van der Waals surface area contributed by atoms with E-state index in [1.807, 2.05) is 37.4 Å². The third kappa shape index (κ3) is 4.27. The summed E-state index contributed by atoms with van der Waals surface area (Å²) in [5.74, 6) is 0.303. The highest BCUT2D eigenvalue weighted by atomic mass is 35.5. The van der Waals surface area contributed by atoms with Gasteiger partial charge in [-0.2, -0.15) is 0 Å². The summed E-state index contributed by atoms with van der Waals surface area (Å²) in [5.41, 5.74) is 0.914. The van der Waals surface area contributed by atoms with E-state index in [0.717, 1.165) is 29.1 Å². The number of benzene rings is 2. The molecule has 0 spiro atoms. The lowest BCUT2D eigenvalue weighted by Crippen LogP contribution is -2.29. The Kier molecular flexibility index (Phi) is 5.69. The number of ether oxygens (including phenoxy) is 1. The number of nitrogens with one attached hydrogen (secondary N) is 2. The molecule has 0 bridgehead atoms. The highest BCUT2D eigenvalue weighted by Crippen LogP contribution is 2.27. The normalized spacial score (nSPS) is 12.9. The van der Waals surface area contributed by atoms with Crippen molar-refractivity contribution in [3.05, 3.63) is 65.3 Å². The zero-order valence-electron chi connectivity index (χ0n) is 16.6. The molecule has 0 aliphatic rings. The minimum absolute atomic E-state index is 0.208. The largest absolute Gasteiger partial charge is 0.424 e. The molecule has 4 aromatic rings. The van der Waals surface area contributed by atoms with Crippen molar-refractivity contribution in [2.24, 2.45) is 0 Å². The van der Waals surface area contributed by atoms with Gasteiger partial charge in [0.25, 0.3) is 0 Å². The van der Waals surface area contributed by atoms with Crippen molar-refractivity contribution >= 4 is 32.5 Å². The minimum atomic E-state index is -4.02. The molecule has 0 radical (unpaired) electrons. The molecule has 31 heavy (non-hydrogen) atoms. The number of aromatic nitrogens is 4. The van der Waals surface area contributed by atoms with Crippen LogP contribution in [0.4, 0.5) is 4.39 Å². The van der Waals surface area contributed by atoms with E-state index in [2.05, 4.69) is 19.9 Å². The van der Waals surface area contributed by atoms with Gasteiger partial charge in [-0.15, -0.1) is 5.10 Å². The summed E-state index contributed by atoms with van der Waals surface area (Å²) in [4.78, 5) is 2.89. The smallest absolute Gasteiger partial charge is 0.322 e. The number of hydrogen-bond donors (Lipinski definition) is 2. The average Bonchev–Trinajstić information content (AvgIpc) is 3.33. The number of halogens is 2. The van der Waals surface area contributed by atoms with E-state index in [9.17, 15) is 12.8 Å². The van der Waals surface area contributed by atoms with E-state index < -0.39 is 21.9 Å². The first kappa shape index (κ1) is 21.3. The Morgan fingerprint density at radius 2 is 2.03 bits per heavy atom. The predicted molar refractivity (Wildman–Crippen MR) is 114 cm³/mol. The van der Waals surface area contributed by atoms with Gasteiger partial charge in [0.15, 0.2) is 5.82 Å².